The quantitative estimate of drug-likeness (QED) is 0.474. The first kappa shape index (κ1) is 17.5. The van der Waals surface area contributed by atoms with Gasteiger partial charge in [0.25, 0.3) is 0 Å². The summed E-state index contributed by atoms with van der Waals surface area (Å²) in [5, 5.41) is 7.65. The van der Waals surface area contributed by atoms with Crippen molar-refractivity contribution in [2.75, 3.05) is 10.6 Å². The molecule has 0 aliphatic carbocycles. The summed E-state index contributed by atoms with van der Waals surface area (Å²) in [7, 11) is 0. The van der Waals surface area contributed by atoms with Crippen molar-refractivity contribution in [2.45, 2.75) is 13.8 Å². The van der Waals surface area contributed by atoms with Gasteiger partial charge in [-0.05, 0) is 79.7 Å². The maximum atomic E-state index is 5.84. The third kappa shape index (κ3) is 5.67. The molecule has 2 aromatic rings. The summed E-state index contributed by atoms with van der Waals surface area (Å²) in [6, 6.07) is 13.4. The van der Waals surface area contributed by atoms with Crippen molar-refractivity contribution in [3.05, 3.63) is 58.6 Å². The molecule has 4 N–H and O–H groups in total. The molecule has 0 unspecified atom stereocenters. The normalized spacial score (nSPS) is 9.87. The Kier molecular flexibility index (Phi) is 6.15. The summed E-state index contributed by atoms with van der Waals surface area (Å²) in [5.41, 5.74) is 9.75. The molecule has 120 valence electrons. The monoisotopic (exact) mass is 364 g/mol. The number of hydrogen-bond donors (Lipinski definition) is 4. The second-order valence-corrected chi connectivity index (χ2v) is 6.24. The molecule has 0 spiro atoms. The number of rotatable bonds is 2. The lowest BCUT2D eigenvalue weighted by molar-refractivity contribution is 0.885. The van der Waals surface area contributed by atoms with Crippen LogP contribution in [-0.4, -0.2) is 10.2 Å². The molecular formula is C16H17ClN4S2. The van der Waals surface area contributed by atoms with Gasteiger partial charge in [0.2, 0.25) is 0 Å². The molecule has 0 bridgehead atoms. The van der Waals surface area contributed by atoms with Gasteiger partial charge in [-0.15, -0.1) is 0 Å². The van der Waals surface area contributed by atoms with E-state index in [-0.39, 0.29) is 0 Å². The van der Waals surface area contributed by atoms with Gasteiger partial charge < -0.3 is 10.6 Å². The maximum absolute atomic E-state index is 5.84. The Labute approximate surface area is 151 Å². The molecule has 4 nitrogen and oxygen atoms in total. The molecule has 0 aliphatic rings. The lowest BCUT2D eigenvalue weighted by Gasteiger charge is -2.15. The van der Waals surface area contributed by atoms with Crippen LogP contribution < -0.4 is 21.5 Å². The Morgan fingerprint density at radius 3 is 2.13 bits per heavy atom. The van der Waals surface area contributed by atoms with Gasteiger partial charge in [-0.2, -0.15) is 0 Å². The van der Waals surface area contributed by atoms with Crippen molar-refractivity contribution >= 4 is 57.6 Å². The highest BCUT2D eigenvalue weighted by Gasteiger charge is 2.02. The van der Waals surface area contributed by atoms with Crippen molar-refractivity contribution in [2.24, 2.45) is 0 Å². The van der Waals surface area contributed by atoms with Crippen molar-refractivity contribution in [1.82, 2.24) is 10.9 Å². The average molecular weight is 365 g/mol. The molecule has 0 aliphatic heterocycles. The Hall–Kier alpha value is -1.89. The Morgan fingerprint density at radius 2 is 1.48 bits per heavy atom. The van der Waals surface area contributed by atoms with Crippen molar-refractivity contribution in [3.63, 3.8) is 0 Å². The molecule has 0 aromatic heterocycles. The van der Waals surface area contributed by atoms with Gasteiger partial charge in [0.1, 0.15) is 0 Å². The largest absolute Gasteiger partial charge is 0.331 e. The van der Waals surface area contributed by atoms with Crippen LogP contribution in [0.25, 0.3) is 0 Å². The fourth-order valence-electron chi connectivity index (χ4n) is 1.83. The van der Waals surface area contributed by atoms with E-state index >= 15 is 0 Å². The predicted molar refractivity (Wildman–Crippen MR) is 106 cm³/mol. The second kappa shape index (κ2) is 8.10. The fraction of sp³-hybridized carbons (Fsp3) is 0.125. The van der Waals surface area contributed by atoms with E-state index in [0.717, 1.165) is 22.5 Å². The standard InChI is InChI=1S/C16H17ClN4S2/c1-10-3-4-11(2)14(9-10)19-16(23)21-20-15(22)18-13-7-5-12(17)6-8-13/h3-9H,1-2H3,(H2,18,20,22)(H2,19,21,23). The molecule has 0 radical (unpaired) electrons. The number of hydrazine groups is 1. The maximum Gasteiger partial charge on any atom is 0.189 e. The topological polar surface area (TPSA) is 48.1 Å². The minimum Gasteiger partial charge on any atom is -0.331 e. The third-order valence-corrected chi connectivity index (χ3v) is 3.69. The molecule has 2 aromatic carbocycles. The summed E-state index contributed by atoms with van der Waals surface area (Å²) in [6.07, 6.45) is 0. The van der Waals surface area contributed by atoms with E-state index in [9.17, 15) is 0 Å². The van der Waals surface area contributed by atoms with Gasteiger partial charge in [-0.3, -0.25) is 10.9 Å². The molecule has 7 heteroatoms. The Bertz CT molecular complexity index is 717. The predicted octanol–water partition coefficient (Wildman–Crippen LogP) is 4.14. The highest BCUT2D eigenvalue weighted by molar-refractivity contribution is 7.81. The lowest BCUT2D eigenvalue weighted by atomic mass is 10.1. The first-order valence-corrected chi connectivity index (χ1v) is 8.10. The molecule has 0 fully saturated rings. The highest BCUT2D eigenvalue weighted by Crippen LogP contribution is 2.16. The van der Waals surface area contributed by atoms with E-state index in [2.05, 4.69) is 27.6 Å². The zero-order valence-electron chi connectivity index (χ0n) is 12.7. The van der Waals surface area contributed by atoms with Crippen LogP contribution in [0.3, 0.4) is 0 Å². The minimum atomic E-state index is 0.400. The fourth-order valence-corrected chi connectivity index (χ4v) is 2.29. The van der Waals surface area contributed by atoms with Crippen LogP contribution in [-0.2, 0) is 0 Å². The van der Waals surface area contributed by atoms with Gasteiger partial charge in [-0.25, -0.2) is 0 Å². The van der Waals surface area contributed by atoms with E-state index in [0.29, 0.717) is 15.2 Å². The zero-order chi connectivity index (χ0) is 16.8. The van der Waals surface area contributed by atoms with Crippen molar-refractivity contribution in [1.29, 1.82) is 0 Å². The highest BCUT2D eigenvalue weighted by atomic mass is 35.5. The summed E-state index contributed by atoms with van der Waals surface area (Å²) < 4.78 is 0. The van der Waals surface area contributed by atoms with E-state index in [1.54, 1.807) is 12.1 Å². The van der Waals surface area contributed by atoms with Crippen LogP contribution in [0.1, 0.15) is 11.1 Å². The number of anilines is 2. The summed E-state index contributed by atoms with van der Waals surface area (Å²) >= 11 is 16.3. The molecule has 2 rings (SSSR count). The van der Waals surface area contributed by atoms with E-state index in [4.69, 9.17) is 36.0 Å². The zero-order valence-corrected chi connectivity index (χ0v) is 15.1. The van der Waals surface area contributed by atoms with E-state index in [1.165, 1.54) is 0 Å². The Balaban J connectivity index is 1.83. The van der Waals surface area contributed by atoms with Crippen LogP contribution in [0.4, 0.5) is 11.4 Å². The van der Waals surface area contributed by atoms with Crippen molar-refractivity contribution in [3.8, 4) is 0 Å². The number of thiocarbonyl (C=S) groups is 2. The van der Waals surface area contributed by atoms with Crippen LogP contribution in [0, 0.1) is 13.8 Å². The van der Waals surface area contributed by atoms with Crippen LogP contribution >= 0.6 is 36.0 Å². The molecule has 23 heavy (non-hydrogen) atoms. The van der Waals surface area contributed by atoms with Crippen molar-refractivity contribution < 1.29 is 0 Å². The molecule has 0 amide bonds. The van der Waals surface area contributed by atoms with Crippen LogP contribution in [0.2, 0.25) is 5.02 Å². The first-order chi connectivity index (χ1) is 10.9. The van der Waals surface area contributed by atoms with E-state index in [1.807, 2.05) is 38.1 Å². The minimum absolute atomic E-state index is 0.400. The van der Waals surface area contributed by atoms with Gasteiger partial charge in [0.05, 0.1) is 0 Å². The molecule has 0 atom stereocenters. The third-order valence-electron chi connectivity index (χ3n) is 3.03. The van der Waals surface area contributed by atoms with Gasteiger partial charge in [0, 0.05) is 16.4 Å². The van der Waals surface area contributed by atoms with Gasteiger partial charge in [0.15, 0.2) is 10.2 Å². The molecular weight excluding hydrogens is 348 g/mol. The van der Waals surface area contributed by atoms with Gasteiger partial charge in [-0.1, -0.05) is 23.7 Å². The number of benzene rings is 2. The van der Waals surface area contributed by atoms with Crippen LogP contribution in [0.5, 0.6) is 0 Å². The molecule has 0 saturated carbocycles. The number of aryl methyl sites for hydroxylation is 2. The SMILES string of the molecule is Cc1ccc(C)c(NC(=S)NNC(=S)Nc2ccc(Cl)cc2)c1. The van der Waals surface area contributed by atoms with E-state index < -0.39 is 0 Å². The first-order valence-electron chi connectivity index (χ1n) is 6.91. The number of hydrogen-bond acceptors (Lipinski definition) is 2. The number of nitrogens with one attached hydrogen (secondary N) is 4. The molecule has 0 saturated heterocycles. The molecule has 0 heterocycles. The second-order valence-electron chi connectivity index (χ2n) is 4.98. The van der Waals surface area contributed by atoms with Crippen LogP contribution in [0.15, 0.2) is 42.5 Å². The summed E-state index contributed by atoms with van der Waals surface area (Å²) in [5.74, 6) is 0. The van der Waals surface area contributed by atoms with Gasteiger partial charge >= 0.3 is 0 Å². The number of halogens is 1. The Morgan fingerprint density at radius 1 is 0.870 bits per heavy atom. The summed E-state index contributed by atoms with van der Waals surface area (Å²) in [6.45, 7) is 4.05. The summed E-state index contributed by atoms with van der Waals surface area (Å²) in [4.78, 5) is 0. The smallest absolute Gasteiger partial charge is 0.189 e. The lowest BCUT2D eigenvalue weighted by Crippen LogP contribution is -2.45. The average Bonchev–Trinajstić information content (AvgIpc) is 2.51.